The van der Waals surface area contributed by atoms with Crippen molar-refractivity contribution >= 4 is 27.3 Å². The highest BCUT2D eigenvalue weighted by molar-refractivity contribution is 7.91. The molecule has 0 radical (unpaired) electrons. The second-order valence-corrected chi connectivity index (χ2v) is 9.84. The minimum atomic E-state index is -3.05. The van der Waals surface area contributed by atoms with Gasteiger partial charge >= 0.3 is 0 Å². The molecule has 1 atom stereocenters. The number of hydrogen-bond donors (Lipinski definition) is 1. The van der Waals surface area contributed by atoms with Crippen molar-refractivity contribution in [2.24, 2.45) is 0 Å². The molecule has 7 nitrogen and oxygen atoms in total. The van der Waals surface area contributed by atoms with Crippen molar-refractivity contribution in [2.45, 2.75) is 39.7 Å². The molecule has 0 unspecified atom stereocenters. The van der Waals surface area contributed by atoms with Crippen molar-refractivity contribution < 1.29 is 18.0 Å². The molecule has 1 aliphatic rings. The Kier molecular flexibility index (Phi) is 7.60. The van der Waals surface area contributed by atoms with Gasteiger partial charge in [0.25, 0.3) is 0 Å². The highest BCUT2D eigenvalue weighted by Crippen LogP contribution is 2.19. The highest BCUT2D eigenvalue weighted by Gasteiger charge is 2.34. The third-order valence-corrected chi connectivity index (χ3v) is 6.88. The van der Waals surface area contributed by atoms with Crippen LogP contribution >= 0.6 is 0 Å². The van der Waals surface area contributed by atoms with Crippen LogP contribution < -0.4 is 5.32 Å². The molecule has 1 saturated heterocycles. The Morgan fingerprint density at radius 2 is 1.93 bits per heavy atom. The molecular formula is C20H31N3O4S. The lowest BCUT2D eigenvalue weighted by Crippen LogP contribution is -2.47. The molecule has 156 valence electrons. The number of sulfone groups is 1. The smallest absolute Gasteiger partial charge is 0.238 e. The number of aryl methyl sites for hydroxylation is 1. The van der Waals surface area contributed by atoms with Crippen molar-refractivity contribution in [3.63, 3.8) is 0 Å². The maximum atomic E-state index is 12.7. The van der Waals surface area contributed by atoms with Crippen LogP contribution in [0.15, 0.2) is 18.2 Å². The van der Waals surface area contributed by atoms with E-state index >= 15 is 0 Å². The lowest BCUT2D eigenvalue weighted by Gasteiger charge is -2.29. The van der Waals surface area contributed by atoms with Crippen LogP contribution in [-0.4, -0.2) is 74.3 Å². The Bertz CT molecular complexity index is 823. The number of amides is 2. The van der Waals surface area contributed by atoms with Crippen LogP contribution in [0.3, 0.4) is 0 Å². The summed E-state index contributed by atoms with van der Waals surface area (Å²) in [6, 6.07) is 5.48. The van der Waals surface area contributed by atoms with Crippen LogP contribution in [-0.2, 0) is 19.4 Å². The van der Waals surface area contributed by atoms with Crippen molar-refractivity contribution in [3.8, 4) is 0 Å². The first kappa shape index (κ1) is 22.4. The Hall–Kier alpha value is -1.93. The van der Waals surface area contributed by atoms with Crippen molar-refractivity contribution in [1.29, 1.82) is 0 Å². The van der Waals surface area contributed by atoms with Crippen LogP contribution in [0.4, 0.5) is 5.69 Å². The topological polar surface area (TPSA) is 86.8 Å². The first-order valence-corrected chi connectivity index (χ1v) is 11.5. The molecule has 2 amide bonds. The first-order chi connectivity index (χ1) is 13.1. The van der Waals surface area contributed by atoms with E-state index in [1.807, 2.05) is 39.0 Å². The second-order valence-electron chi connectivity index (χ2n) is 7.61. The minimum Gasteiger partial charge on any atom is -0.338 e. The third-order valence-electron chi connectivity index (χ3n) is 5.13. The SMILES string of the molecule is CCCN(C(=O)CN(C)CC(=O)Nc1cccc(C)c1C)[C@@H]1CCS(=O)(=O)C1. The van der Waals surface area contributed by atoms with Gasteiger partial charge in [0.05, 0.1) is 24.6 Å². The normalized spacial score (nSPS) is 18.2. The maximum Gasteiger partial charge on any atom is 0.238 e. The number of anilines is 1. The summed E-state index contributed by atoms with van der Waals surface area (Å²) in [4.78, 5) is 28.4. The molecule has 1 aromatic carbocycles. The average molecular weight is 410 g/mol. The van der Waals surface area contributed by atoms with Crippen LogP contribution in [0.2, 0.25) is 0 Å². The number of rotatable bonds is 8. The van der Waals surface area contributed by atoms with Gasteiger partial charge in [0.15, 0.2) is 9.84 Å². The Morgan fingerprint density at radius 3 is 2.54 bits per heavy atom. The summed E-state index contributed by atoms with van der Waals surface area (Å²) in [7, 11) is -1.34. The number of hydrogen-bond acceptors (Lipinski definition) is 5. The van der Waals surface area contributed by atoms with Gasteiger partial charge in [-0.15, -0.1) is 0 Å². The van der Waals surface area contributed by atoms with E-state index in [1.165, 1.54) is 0 Å². The lowest BCUT2D eigenvalue weighted by molar-refractivity contribution is -0.134. The summed E-state index contributed by atoms with van der Waals surface area (Å²) in [5, 5.41) is 2.89. The number of nitrogens with one attached hydrogen (secondary N) is 1. The molecule has 1 aliphatic heterocycles. The third kappa shape index (κ3) is 6.04. The molecule has 8 heteroatoms. The molecule has 2 rings (SSSR count). The Balaban J connectivity index is 1.92. The van der Waals surface area contributed by atoms with E-state index < -0.39 is 9.84 Å². The highest BCUT2D eigenvalue weighted by atomic mass is 32.2. The molecule has 1 heterocycles. The van der Waals surface area contributed by atoms with Crippen LogP contribution in [0, 0.1) is 13.8 Å². The molecule has 1 aromatic rings. The van der Waals surface area contributed by atoms with E-state index in [-0.39, 0.29) is 42.5 Å². The van der Waals surface area contributed by atoms with Gasteiger partial charge < -0.3 is 10.2 Å². The van der Waals surface area contributed by atoms with Gasteiger partial charge in [-0.25, -0.2) is 8.42 Å². The fourth-order valence-corrected chi connectivity index (χ4v) is 5.20. The summed E-state index contributed by atoms with van der Waals surface area (Å²) in [6.45, 7) is 6.60. The van der Waals surface area contributed by atoms with Crippen LogP contribution in [0.1, 0.15) is 30.9 Å². The van der Waals surface area contributed by atoms with Crippen molar-refractivity contribution in [2.75, 3.05) is 43.5 Å². The van der Waals surface area contributed by atoms with E-state index in [9.17, 15) is 18.0 Å². The standard InChI is InChI=1S/C20H31N3O4S/c1-5-10-23(17-9-11-28(26,27)14-17)20(25)13-22(4)12-19(24)21-18-8-6-7-15(2)16(18)3/h6-8,17H,5,9-14H2,1-4H3,(H,21,24)/t17-/m1/s1. The zero-order valence-corrected chi connectivity index (χ0v) is 18.0. The number of carbonyl (C=O) groups is 2. The quantitative estimate of drug-likeness (QED) is 0.705. The summed E-state index contributed by atoms with van der Waals surface area (Å²) in [6.07, 6.45) is 1.25. The monoisotopic (exact) mass is 409 g/mol. The van der Waals surface area contributed by atoms with Gasteiger partial charge in [0, 0.05) is 18.3 Å². The molecule has 0 bridgehead atoms. The van der Waals surface area contributed by atoms with Gasteiger partial charge in [0.1, 0.15) is 0 Å². The van der Waals surface area contributed by atoms with Crippen molar-refractivity contribution in [1.82, 2.24) is 9.80 Å². The Labute approximate surface area is 168 Å². The number of nitrogens with zero attached hydrogens (tertiary/aromatic N) is 2. The van der Waals surface area contributed by atoms with Gasteiger partial charge in [-0.05, 0) is 50.9 Å². The Morgan fingerprint density at radius 1 is 1.21 bits per heavy atom. The van der Waals surface area contributed by atoms with E-state index in [0.29, 0.717) is 13.0 Å². The number of likely N-dealkylation sites (N-methyl/N-ethyl adjacent to an activating group) is 1. The summed E-state index contributed by atoms with van der Waals surface area (Å²) < 4.78 is 23.5. The second kappa shape index (κ2) is 9.52. The largest absolute Gasteiger partial charge is 0.338 e. The summed E-state index contributed by atoms with van der Waals surface area (Å²) in [5.41, 5.74) is 2.89. The van der Waals surface area contributed by atoms with E-state index in [4.69, 9.17) is 0 Å². The van der Waals surface area contributed by atoms with E-state index in [2.05, 4.69) is 5.32 Å². The molecule has 0 saturated carbocycles. The van der Waals surface area contributed by atoms with Gasteiger partial charge in [-0.3, -0.25) is 14.5 Å². The zero-order valence-electron chi connectivity index (χ0n) is 17.2. The van der Waals surface area contributed by atoms with E-state index in [0.717, 1.165) is 23.2 Å². The maximum absolute atomic E-state index is 12.7. The predicted octanol–water partition coefficient (Wildman–Crippen LogP) is 1.60. The van der Waals surface area contributed by atoms with Gasteiger partial charge in [-0.2, -0.15) is 0 Å². The number of carbonyl (C=O) groups excluding carboxylic acids is 2. The molecule has 1 fully saturated rings. The molecule has 0 spiro atoms. The zero-order chi connectivity index (χ0) is 20.9. The summed E-state index contributed by atoms with van der Waals surface area (Å²) in [5.74, 6) is -0.144. The first-order valence-electron chi connectivity index (χ1n) is 9.67. The van der Waals surface area contributed by atoms with Crippen LogP contribution in [0.5, 0.6) is 0 Å². The van der Waals surface area contributed by atoms with Crippen LogP contribution in [0.25, 0.3) is 0 Å². The van der Waals surface area contributed by atoms with E-state index in [1.54, 1.807) is 16.8 Å². The molecular weight excluding hydrogens is 378 g/mol. The lowest BCUT2D eigenvalue weighted by atomic mass is 10.1. The van der Waals surface area contributed by atoms with Crippen molar-refractivity contribution in [3.05, 3.63) is 29.3 Å². The van der Waals surface area contributed by atoms with Gasteiger partial charge in [-0.1, -0.05) is 19.1 Å². The predicted molar refractivity (Wildman–Crippen MR) is 111 cm³/mol. The number of benzene rings is 1. The fourth-order valence-electron chi connectivity index (χ4n) is 3.47. The average Bonchev–Trinajstić information content (AvgIpc) is 2.96. The molecule has 28 heavy (non-hydrogen) atoms. The molecule has 0 aromatic heterocycles. The molecule has 0 aliphatic carbocycles. The van der Waals surface area contributed by atoms with Gasteiger partial charge in [0.2, 0.25) is 11.8 Å². The minimum absolute atomic E-state index is 0.0373. The molecule has 1 N–H and O–H groups in total. The summed E-state index contributed by atoms with van der Waals surface area (Å²) >= 11 is 0. The fraction of sp³-hybridized carbons (Fsp3) is 0.600.